The average Bonchev–Trinajstić information content (AvgIpc) is 3.18. The molecular formula is C28H40Cl2N6O3. The van der Waals surface area contributed by atoms with Crippen molar-refractivity contribution in [2.75, 3.05) is 32.8 Å². The number of nitrogens with zero attached hydrogens (tertiary/aromatic N) is 4. The molecule has 4 rings (SSSR count). The van der Waals surface area contributed by atoms with Gasteiger partial charge in [-0.15, -0.1) is 0 Å². The Morgan fingerprint density at radius 1 is 1.15 bits per heavy atom. The molecule has 39 heavy (non-hydrogen) atoms. The van der Waals surface area contributed by atoms with E-state index in [9.17, 15) is 9.59 Å². The lowest BCUT2D eigenvalue weighted by Crippen LogP contribution is -2.56. The van der Waals surface area contributed by atoms with Crippen molar-refractivity contribution in [3.63, 3.8) is 0 Å². The number of amides is 3. The summed E-state index contributed by atoms with van der Waals surface area (Å²) in [5, 5.41) is 7.07. The summed E-state index contributed by atoms with van der Waals surface area (Å²) >= 11 is 12.2. The highest BCUT2D eigenvalue weighted by atomic mass is 35.5. The molecule has 0 aliphatic carbocycles. The second-order valence-corrected chi connectivity index (χ2v) is 11.7. The zero-order valence-electron chi connectivity index (χ0n) is 23.3. The smallest absolute Gasteiger partial charge is 0.323 e. The Hall–Kier alpha value is -2.49. The van der Waals surface area contributed by atoms with Crippen molar-refractivity contribution < 1.29 is 14.3 Å². The molecule has 0 aromatic heterocycles. The third kappa shape index (κ3) is 7.18. The number of carbonyl (C=O) groups is 2. The number of hydrogen-bond acceptors (Lipinski definition) is 6. The van der Waals surface area contributed by atoms with E-state index in [1.54, 1.807) is 36.9 Å². The molecule has 3 heterocycles. The number of carbonyl (C=O) groups excluding carboxylic acids is 2. The molecule has 0 radical (unpaired) electrons. The van der Waals surface area contributed by atoms with Crippen molar-refractivity contribution in [1.29, 1.82) is 0 Å². The van der Waals surface area contributed by atoms with E-state index in [2.05, 4.69) is 34.3 Å². The van der Waals surface area contributed by atoms with Gasteiger partial charge in [-0.2, -0.15) is 0 Å². The number of amidine groups is 1. The molecule has 1 unspecified atom stereocenters. The normalized spacial score (nSPS) is 22.6. The minimum atomic E-state index is -1.10. The Balaban J connectivity index is 1.28. The third-order valence-electron chi connectivity index (χ3n) is 7.79. The molecule has 214 valence electrons. The van der Waals surface area contributed by atoms with Crippen molar-refractivity contribution in [3.8, 4) is 5.75 Å². The maximum Gasteiger partial charge on any atom is 0.323 e. The van der Waals surface area contributed by atoms with Gasteiger partial charge < -0.3 is 25.2 Å². The Labute approximate surface area is 241 Å². The van der Waals surface area contributed by atoms with Gasteiger partial charge in [0, 0.05) is 42.4 Å². The van der Waals surface area contributed by atoms with Gasteiger partial charge in [0.15, 0.2) is 5.60 Å². The molecule has 2 saturated heterocycles. The number of hydrogen-bond donors (Lipinski definition) is 2. The SMILES string of the molecule is CCN(CC)CCNC(=O)N1C=CC(N2[C@@H]3CC[C@H]2CC(NC(=O)C(C)(C)Oc2ccc(Cl)cc2Cl)C3)=NC1. The van der Waals surface area contributed by atoms with E-state index in [1.165, 1.54) is 0 Å². The number of likely N-dealkylation sites (N-methyl/N-ethyl adjacent to an activating group) is 1. The number of nitrogens with one attached hydrogen (secondary N) is 2. The summed E-state index contributed by atoms with van der Waals surface area (Å²) in [7, 11) is 0. The molecule has 3 aliphatic heterocycles. The van der Waals surface area contributed by atoms with Gasteiger partial charge in [0.1, 0.15) is 18.3 Å². The van der Waals surface area contributed by atoms with Crippen molar-refractivity contribution in [2.45, 2.75) is 77.1 Å². The molecule has 1 aromatic rings. The summed E-state index contributed by atoms with van der Waals surface area (Å²) in [6.07, 6.45) is 7.54. The number of fused-ring (bicyclic) bond motifs is 2. The minimum Gasteiger partial charge on any atom is -0.476 e. The number of aliphatic imine (C=N–C) groups is 1. The van der Waals surface area contributed by atoms with E-state index in [4.69, 9.17) is 32.9 Å². The first-order valence-corrected chi connectivity index (χ1v) is 14.6. The minimum absolute atomic E-state index is 0.0519. The van der Waals surface area contributed by atoms with E-state index in [1.807, 2.05) is 12.3 Å². The van der Waals surface area contributed by atoms with E-state index < -0.39 is 5.60 Å². The molecular weight excluding hydrogens is 539 g/mol. The highest BCUT2D eigenvalue weighted by molar-refractivity contribution is 6.35. The van der Waals surface area contributed by atoms with Crippen LogP contribution in [-0.4, -0.2) is 89.0 Å². The van der Waals surface area contributed by atoms with Crippen LogP contribution in [0.4, 0.5) is 4.79 Å². The molecule has 2 N–H and O–H groups in total. The van der Waals surface area contributed by atoms with Gasteiger partial charge in [0.25, 0.3) is 5.91 Å². The highest BCUT2D eigenvalue weighted by Crippen LogP contribution is 2.37. The number of urea groups is 1. The number of ether oxygens (including phenoxy) is 1. The molecule has 3 aliphatic rings. The molecule has 0 spiro atoms. The first-order chi connectivity index (χ1) is 18.6. The molecule has 3 amide bonds. The van der Waals surface area contributed by atoms with Crippen molar-refractivity contribution in [2.24, 2.45) is 4.99 Å². The summed E-state index contributed by atoms with van der Waals surface area (Å²) < 4.78 is 5.97. The van der Waals surface area contributed by atoms with Gasteiger partial charge in [0.05, 0.1) is 5.02 Å². The second-order valence-electron chi connectivity index (χ2n) is 10.8. The van der Waals surface area contributed by atoms with Crippen molar-refractivity contribution in [3.05, 3.63) is 40.5 Å². The lowest BCUT2D eigenvalue weighted by molar-refractivity contribution is -0.135. The lowest BCUT2D eigenvalue weighted by atomic mass is 9.95. The van der Waals surface area contributed by atoms with Gasteiger partial charge in [0.2, 0.25) is 0 Å². The fourth-order valence-electron chi connectivity index (χ4n) is 5.57. The first kappa shape index (κ1) is 29.5. The summed E-state index contributed by atoms with van der Waals surface area (Å²) in [6, 6.07) is 5.47. The molecule has 9 nitrogen and oxygen atoms in total. The van der Waals surface area contributed by atoms with Gasteiger partial charge in [-0.1, -0.05) is 37.0 Å². The molecule has 11 heteroatoms. The standard InChI is InChI=1S/C28H40Cl2N6O3/c1-5-34(6-2)14-12-31-27(38)35-13-11-25(32-18-35)36-21-8-9-22(36)17-20(16-21)33-26(37)28(3,4)39-24-10-7-19(29)15-23(24)30/h7,10-11,13,15,20-22H,5-6,8-9,12,14,16-18H2,1-4H3,(H,31,38)(H,33,37)/t20?,21-,22+. The topological polar surface area (TPSA) is 89.5 Å². The van der Waals surface area contributed by atoms with Crippen LogP contribution in [0.15, 0.2) is 35.5 Å². The Morgan fingerprint density at radius 2 is 1.85 bits per heavy atom. The number of halogens is 2. The average molecular weight is 580 g/mol. The number of rotatable bonds is 9. The number of benzene rings is 1. The van der Waals surface area contributed by atoms with Crippen LogP contribution in [-0.2, 0) is 4.79 Å². The van der Waals surface area contributed by atoms with E-state index in [0.29, 0.717) is 41.1 Å². The fourth-order valence-corrected chi connectivity index (χ4v) is 6.02. The van der Waals surface area contributed by atoms with Crippen LogP contribution < -0.4 is 15.4 Å². The zero-order valence-corrected chi connectivity index (χ0v) is 24.8. The predicted octanol–water partition coefficient (Wildman–Crippen LogP) is 4.50. The highest BCUT2D eigenvalue weighted by Gasteiger charge is 2.44. The van der Waals surface area contributed by atoms with E-state index in [-0.39, 0.29) is 18.0 Å². The zero-order chi connectivity index (χ0) is 28.2. The monoisotopic (exact) mass is 578 g/mol. The Kier molecular flexibility index (Phi) is 9.67. The van der Waals surface area contributed by atoms with Crippen LogP contribution in [0.25, 0.3) is 0 Å². The van der Waals surface area contributed by atoms with Crippen LogP contribution in [0.1, 0.15) is 53.4 Å². The van der Waals surface area contributed by atoms with Gasteiger partial charge in [-0.3, -0.25) is 9.69 Å². The Morgan fingerprint density at radius 3 is 2.44 bits per heavy atom. The quantitative estimate of drug-likeness (QED) is 0.450. The molecule has 1 aromatic carbocycles. The molecule has 3 atom stereocenters. The van der Waals surface area contributed by atoms with Gasteiger partial charge in [-0.05, 0) is 76.9 Å². The van der Waals surface area contributed by atoms with E-state index in [0.717, 1.165) is 51.2 Å². The van der Waals surface area contributed by atoms with Crippen LogP contribution in [0.2, 0.25) is 10.0 Å². The first-order valence-electron chi connectivity index (χ1n) is 13.8. The van der Waals surface area contributed by atoms with Crippen LogP contribution in [0.3, 0.4) is 0 Å². The van der Waals surface area contributed by atoms with Crippen LogP contribution >= 0.6 is 23.2 Å². The molecule has 0 saturated carbocycles. The lowest BCUT2D eigenvalue weighted by Gasteiger charge is -2.42. The summed E-state index contributed by atoms with van der Waals surface area (Å²) in [4.78, 5) is 36.7. The van der Waals surface area contributed by atoms with Gasteiger partial charge in [-0.25, -0.2) is 9.79 Å². The molecule has 2 bridgehead atoms. The van der Waals surface area contributed by atoms with Crippen molar-refractivity contribution in [1.82, 2.24) is 25.3 Å². The fraction of sp³-hybridized carbons (Fsp3) is 0.607. The van der Waals surface area contributed by atoms with Crippen LogP contribution in [0.5, 0.6) is 5.75 Å². The summed E-state index contributed by atoms with van der Waals surface area (Å²) in [6.45, 7) is 11.4. The maximum atomic E-state index is 13.2. The summed E-state index contributed by atoms with van der Waals surface area (Å²) in [5.74, 6) is 1.16. The third-order valence-corrected chi connectivity index (χ3v) is 8.32. The predicted molar refractivity (Wildman–Crippen MR) is 155 cm³/mol. The maximum absolute atomic E-state index is 13.2. The summed E-state index contributed by atoms with van der Waals surface area (Å²) in [5.41, 5.74) is -1.10. The van der Waals surface area contributed by atoms with E-state index >= 15 is 0 Å². The van der Waals surface area contributed by atoms with Crippen molar-refractivity contribution >= 4 is 41.0 Å². The second kappa shape index (κ2) is 12.8. The Bertz CT molecular complexity index is 1090. The van der Waals surface area contributed by atoms with Crippen LogP contribution in [0, 0.1) is 0 Å². The number of piperidine rings is 1. The van der Waals surface area contributed by atoms with Gasteiger partial charge >= 0.3 is 6.03 Å². The molecule has 2 fully saturated rings. The largest absolute Gasteiger partial charge is 0.476 e.